The number of hydrogen-bond acceptors (Lipinski definition) is 3. The predicted molar refractivity (Wildman–Crippen MR) is 67.8 cm³/mol. The Morgan fingerprint density at radius 2 is 2.33 bits per heavy atom. The summed E-state index contributed by atoms with van der Waals surface area (Å²) in [6.07, 6.45) is 2.88. The van der Waals surface area contributed by atoms with E-state index in [1.54, 1.807) is 12.1 Å². The van der Waals surface area contributed by atoms with Crippen LogP contribution in [0.4, 0.5) is 10.1 Å². The van der Waals surface area contributed by atoms with Crippen molar-refractivity contribution in [1.29, 1.82) is 5.26 Å². The summed E-state index contributed by atoms with van der Waals surface area (Å²) < 4.78 is 13.6. The van der Waals surface area contributed by atoms with Gasteiger partial charge in [-0.15, -0.1) is 0 Å². The average Bonchev–Trinajstić information content (AvgIpc) is 2.39. The van der Waals surface area contributed by atoms with Gasteiger partial charge in [0, 0.05) is 19.7 Å². The van der Waals surface area contributed by atoms with E-state index >= 15 is 0 Å². The lowest BCUT2D eigenvalue weighted by Gasteiger charge is -2.34. The van der Waals surface area contributed by atoms with E-state index in [1.807, 2.05) is 6.07 Å². The number of hydrogen-bond donors (Lipinski definition) is 1. The first-order valence-electron chi connectivity index (χ1n) is 6.30. The maximum absolute atomic E-state index is 13.6. The van der Waals surface area contributed by atoms with Gasteiger partial charge in [-0.2, -0.15) is 5.26 Å². The molecule has 1 heterocycles. The molecule has 0 amide bonds. The second-order valence-corrected chi connectivity index (χ2v) is 4.71. The molecule has 0 saturated carbocycles. The molecule has 1 aliphatic rings. The van der Waals surface area contributed by atoms with E-state index in [0.29, 0.717) is 11.6 Å². The standard InChI is InChI=1S/C14H17FN2O/c15-13-4-1-5-14(12(13)9-16)17-7-2-3-11(10-17)6-8-18/h1,4-5,11,18H,2-3,6-8,10H2/t11-/m1/s1. The summed E-state index contributed by atoms with van der Waals surface area (Å²) in [5, 5.41) is 18.0. The quantitative estimate of drug-likeness (QED) is 0.892. The predicted octanol–water partition coefficient (Wildman–Crippen LogP) is 2.30. The topological polar surface area (TPSA) is 47.3 Å². The Bertz CT molecular complexity index is 454. The van der Waals surface area contributed by atoms with Crippen molar-refractivity contribution >= 4 is 5.69 Å². The van der Waals surface area contributed by atoms with Gasteiger partial charge in [-0.3, -0.25) is 0 Å². The van der Waals surface area contributed by atoms with Gasteiger partial charge >= 0.3 is 0 Å². The Hall–Kier alpha value is -1.60. The third-order valence-electron chi connectivity index (χ3n) is 3.50. The zero-order valence-corrected chi connectivity index (χ0v) is 10.3. The normalized spacial score (nSPS) is 19.6. The van der Waals surface area contributed by atoms with E-state index in [0.717, 1.165) is 32.4 Å². The number of rotatable bonds is 3. The fraction of sp³-hybridized carbons (Fsp3) is 0.500. The summed E-state index contributed by atoms with van der Waals surface area (Å²) >= 11 is 0. The number of nitriles is 1. The largest absolute Gasteiger partial charge is 0.396 e. The average molecular weight is 248 g/mol. The Kier molecular flexibility index (Phi) is 4.16. The molecular weight excluding hydrogens is 231 g/mol. The Labute approximate surface area is 106 Å². The molecule has 0 aliphatic carbocycles. The highest BCUT2D eigenvalue weighted by Crippen LogP contribution is 2.28. The lowest BCUT2D eigenvalue weighted by Crippen LogP contribution is -2.36. The molecule has 1 saturated heterocycles. The summed E-state index contributed by atoms with van der Waals surface area (Å²) in [5.41, 5.74) is 0.808. The van der Waals surface area contributed by atoms with Crippen LogP contribution in [0.25, 0.3) is 0 Å². The van der Waals surface area contributed by atoms with Gasteiger partial charge < -0.3 is 10.0 Å². The lowest BCUT2D eigenvalue weighted by molar-refractivity contribution is 0.244. The van der Waals surface area contributed by atoms with E-state index in [2.05, 4.69) is 4.90 Å². The van der Waals surface area contributed by atoms with Gasteiger partial charge in [-0.1, -0.05) is 6.07 Å². The fourth-order valence-corrected chi connectivity index (χ4v) is 2.59. The van der Waals surface area contributed by atoms with Crippen LogP contribution in [0.5, 0.6) is 0 Å². The second kappa shape index (κ2) is 5.83. The zero-order chi connectivity index (χ0) is 13.0. The maximum Gasteiger partial charge on any atom is 0.143 e. The third-order valence-corrected chi connectivity index (χ3v) is 3.50. The van der Waals surface area contributed by atoms with Crippen LogP contribution in [-0.2, 0) is 0 Å². The molecule has 18 heavy (non-hydrogen) atoms. The monoisotopic (exact) mass is 248 g/mol. The molecule has 1 aromatic rings. The molecule has 4 heteroatoms. The van der Waals surface area contributed by atoms with Gasteiger partial charge in [-0.05, 0) is 37.3 Å². The van der Waals surface area contributed by atoms with E-state index in [-0.39, 0.29) is 12.2 Å². The number of nitrogens with zero attached hydrogens (tertiary/aromatic N) is 2. The molecule has 96 valence electrons. The molecule has 1 aromatic carbocycles. The Morgan fingerprint density at radius 1 is 1.50 bits per heavy atom. The summed E-state index contributed by atoms with van der Waals surface area (Å²) in [6.45, 7) is 1.82. The van der Waals surface area contributed by atoms with Crippen molar-refractivity contribution in [2.45, 2.75) is 19.3 Å². The van der Waals surface area contributed by atoms with Crippen LogP contribution in [0, 0.1) is 23.1 Å². The minimum atomic E-state index is -0.459. The Balaban J connectivity index is 2.21. The first kappa shape index (κ1) is 12.8. The SMILES string of the molecule is N#Cc1c(F)cccc1N1CCC[C@H](CCO)C1. The number of piperidine rings is 1. The van der Waals surface area contributed by atoms with Gasteiger partial charge in [0.15, 0.2) is 0 Å². The molecule has 0 unspecified atom stereocenters. The van der Waals surface area contributed by atoms with Gasteiger partial charge in [0.2, 0.25) is 0 Å². The molecule has 0 spiro atoms. The van der Waals surface area contributed by atoms with Crippen LogP contribution in [0.15, 0.2) is 18.2 Å². The van der Waals surface area contributed by atoms with Crippen molar-refractivity contribution < 1.29 is 9.50 Å². The highest BCUT2D eigenvalue weighted by molar-refractivity contribution is 5.60. The van der Waals surface area contributed by atoms with Crippen molar-refractivity contribution in [2.75, 3.05) is 24.6 Å². The number of halogens is 1. The van der Waals surface area contributed by atoms with Crippen molar-refractivity contribution in [2.24, 2.45) is 5.92 Å². The molecule has 2 rings (SSSR count). The first-order valence-corrected chi connectivity index (χ1v) is 6.30. The molecule has 0 radical (unpaired) electrons. The highest BCUT2D eigenvalue weighted by Gasteiger charge is 2.22. The van der Waals surface area contributed by atoms with Crippen LogP contribution in [0.3, 0.4) is 0 Å². The van der Waals surface area contributed by atoms with Gasteiger partial charge in [0.25, 0.3) is 0 Å². The molecule has 1 fully saturated rings. The zero-order valence-electron chi connectivity index (χ0n) is 10.3. The van der Waals surface area contributed by atoms with E-state index in [4.69, 9.17) is 10.4 Å². The van der Waals surface area contributed by atoms with Gasteiger partial charge in [0.05, 0.1) is 5.69 Å². The van der Waals surface area contributed by atoms with Crippen LogP contribution in [0.1, 0.15) is 24.8 Å². The number of benzene rings is 1. The summed E-state index contributed by atoms with van der Waals surface area (Å²) in [4.78, 5) is 2.06. The molecule has 1 atom stereocenters. The number of aliphatic hydroxyl groups is 1. The fourth-order valence-electron chi connectivity index (χ4n) is 2.59. The van der Waals surface area contributed by atoms with Crippen LogP contribution < -0.4 is 4.90 Å². The molecule has 1 N–H and O–H groups in total. The van der Waals surface area contributed by atoms with Crippen LogP contribution in [-0.4, -0.2) is 24.8 Å². The summed E-state index contributed by atoms with van der Waals surface area (Å²) in [6, 6.07) is 6.69. The Morgan fingerprint density at radius 3 is 3.06 bits per heavy atom. The number of anilines is 1. The van der Waals surface area contributed by atoms with Gasteiger partial charge in [-0.25, -0.2) is 4.39 Å². The lowest BCUT2D eigenvalue weighted by atomic mass is 9.94. The van der Waals surface area contributed by atoms with Crippen LogP contribution in [0.2, 0.25) is 0 Å². The third kappa shape index (κ3) is 2.62. The minimum Gasteiger partial charge on any atom is -0.396 e. The van der Waals surface area contributed by atoms with Crippen molar-refractivity contribution in [3.8, 4) is 6.07 Å². The summed E-state index contributed by atoms with van der Waals surface area (Å²) in [7, 11) is 0. The van der Waals surface area contributed by atoms with E-state index in [9.17, 15) is 4.39 Å². The minimum absolute atomic E-state index is 0.127. The second-order valence-electron chi connectivity index (χ2n) is 4.71. The van der Waals surface area contributed by atoms with Gasteiger partial charge in [0.1, 0.15) is 17.4 Å². The highest BCUT2D eigenvalue weighted by atomic mass is 19.1. The van der Waals surface area contributed by atoms with Crippen molar-refractivity contribution in [1.82, 2.24) is 0 Å². The summed E-state index contributed by atoms with van der Waals surface area (Å²) in [5.74, 6) is -0.0298. The van der Waals surface area contributed by atoms with E-state index in [1.165, 1.54) is 6.07 Å². The molecule has 3 nitrogen and oxygen atoms in total. The molecule has 0 bridgehead atoms. The van der Waals surface area contributed by atoms with Crippen molar-refractivity contribution in [3.05, 3.63) is 29.6 Å². The number of aliphatic hydroxyl groups excluding tert-OH is 1. The maximum atomic E-state index is 13.6. The molecule has 1 aliphatic heterocycles. The van der Waals surface area contributed by atoms with E-state index < -0.39 is 5.82 Å². The first-order chi connectivity index (χ1) is 8.76. The molecule has 0 aromatic heterocycles. The smallest absolute Gasteiger partial charge is 0.143 e. The molecular formula is C14H17FN2O. The van der Waals surface area contributed by atoms with Crippen molar-refractivity contribution in [3.63, 3.8) is 0 Å². The van der Waals surface area contributed by atoms with Crippen LogP contribution >= 0.6 is 0 Å².